The van der Waals surface area contributed by atoms with Gasteiger partial charge in [0.2, 0.25) is 10.0 Å². The number of rotatable bonds is 4. The predicted molar refractivity (Wildman–Crippen MR) is 64.2 cm³/mol. The van der Waals surface area contributed by atoms with Crippen LogP contribution in [0.1, 0.15) is 0 Å². The molecule has 0 radical (unpaired) electrons. The first-order valence-corrected chi connectivity index (χ1v) is 7.24. The Hall–Kier alpha value is -1.09. The maximum Gasteiger partial charge on any atom is 0.243 e. The Bertz CT molecular complexity index is 545. The van der Waals surface area contributed by atoms with Gasteiger partial charge in [-0.05, 0) is 12.1 Å². The van der Waals surface area contributed by atoms with Crippen LogP contribution in [0.15, 0.2) is 23.1 Å². The fourth-order valence-corrected chi connectivity index (χ4v) is 2.85. The van der Waals surface area contributed by atoms with Gasteiger partial charge in [-0.15, -0.1) is 0 Å². The molecule has 2 N–H and O–H groups in total. The van der Waals surface area contributed by atoms with Gasteiger partial charge in [0, 0.05) is 25.7 Å². The Kier molecular flexibility index (Phi) is 4.46. The molecular formula is C11H14F2N2O3S. The quantitative estimate of drug-likeness (QED) is 0.834. The normalized spacial score (nSPS) is 20.4. The lowest BCUT2D eigenvalue weighted by Crippen LogP contribution is -2.45. The van der Waals surface area contributed by atoms with Gasteiger partial charge in [-0.1, -0.05) is 0 Å². The zero-order valence-electron chi connectivity index (χ0n) is 10.0. The molecule has 0 bridgehead atoms. The summed E-state index contributed by atoms with van der Waals surface area (Å²) in [5, 5.41) is 3.05. The van der Waals surface area contributed by atoms with Gasteiger partial charge in [0.25, 0.3) is 0 Å². The largest absolute Gasteiger partial charge is 0.374 e. The van der Waals surface area contributed by atoms with E-state index in [1.54, 1.807) is 0 Å². The molecule has 0 spiro atoms. The molecular weight excluding hydrogens is 278 g/mol. The topological polar surface area (TPSA) is 67.4 Å². The summed E-state index contributed by atoms with van der Waals surface area (Å²) in [4.78, 5) is -0.572. The molecule has 1 aromatic carbocycles. The number of sulfonamides is 1. The summed E-state index contributed by atoms with van der Waals surface area (Å²) in [6.07, 6.45) is -0.299. The summed E-state index contributed by atoms with van der Waals surface area (Å²) in [5.41, 5.74) is 0. The first kappa shape index (κ1) is 14.3. The highest BCUT2D eigenvalue weighted by Gasteiger charge is 2.22. The first-order valence-electron chi connectivity index (χ1n) is 5.76. The SMILES string of the molecule is O=S(=O)(NCC1CNCCO1)c1ccc(F)cc1F. The van der Waals surface area contributed by atoms with Crippen molar-refractivity contribution in [3.05, 3.63) is 29.8 Å². The third kappa shape index (κ3) is 3.69. The highest BCUT2D eigenvalue weighted by Crippen LogP contribution is 2.15. The fourth-order valence-electron chi connectivity index (χ4n) is 1.72. The molecule has 1 unspecified atom stereocenters. The van der Waals surface area contributed by atoms with E-state index < -0.39 is 26.6 Å². The molecule has 8 heteroatoms. The standard InChI is InChI=1S/C11H14F2N2O3S/c12-8-1-2-11(10(13)5-8)19(16,17)15-7-9-6-14-3-4-18-9/h1-2,5,9,14-15H,3-4,6-7H2. The van der Waals surface area contributed by atoms with E-state index in [1.165, 1.54) is 0 Å². The molecule has 1 atom stereocenters. The van der Waals surface area contributed by atoms with E-state index in [0.717, 1.165) is 18.7 Å². The smallest absolute Gasteiger partial charge is 0.243 e. The number of hydrogen-bond donors (Lipinski definition) is 2. The lowest BCUT2D eigenvalue weighted by Gasteiger charge is -2.23. The second-order valence-electron chi connectivity index (χ2n) is 4.12. The zero-order valence-corrected chi connectivity index (χ0v) is 10.8. The van der Waals surface area contributed by atoms with Crippen molar-refractivity contribution in [3.8, 4) is 0 Å². The second-order valence-corrected chi connectivity index (χ2v) is 5.86. The van der Waals surface area contributed by atoms with Crippen LogP contribution in [0, 0.1) is 11.6 Å². The molecule has 5 nitrogen and oxygen atoms in total. The number of halogens is 2. The van der Waals surface area contributed by atoms with Crippen molar-refractivity contribution in [1.29, 1.82) is 0 Å². The van der Waals surface area contributed by atoms with Crippen molar-refractivity contribution in [2.45, 2.75) is 11.0 Å². The average molecular weight is 292 g/mol. The molecule has 2 rings (SSSR count). The number of ether oxygens (including phenoxy) is 1. The maximum atomic E-state index is 13.4. The zero-order chi connectivity index (χ0) is 13.9. The van der Waals surface area contributed by atoms with Crippen LogP contribution in [-0.4, -0.2) is 40.8 Å². The van der Waals surface area contributed by atoms with Crippen LogP contribution in [0.3, 0.4) is 0 Å². The molecule has 0 aromatic heterocycles. The van der Waals surface area contributed by atoms with E-state index in [1.807, 2.05) is 0 Å². The number of morpholine rings is 1. The molecule has 1 heterocycles. The van der Waals surface area contributed by atoms with Crippen molar-refractivity contribution in [3.63, 3.8) is 0 Å². The monoisotopic (exact) mass is 292 g/mol. The first-order chi connectivity index (χ1) is 8.99. The molecule has 0 aliphatic carbocycles. The molecule has 0 amide bonds. The Labute approximate surface area is 110 Å². The van der Waals surface area contributed by atoms with Crippen molar-refractivity contribution in [2.24, 2.45) is 0 Å². The molecule has 1 fully saturated rings. The fraction of sp³-hybridized carbons (Fsp3) is 0.455. The van der Waals surface area contributed by atoms with Gasteiger partial charge in [0.05, 0.1) is 12.7 Å². The summed E-state index contributed by atoms with van der Waals surface area (Å²) in [7, 11) is -4.01. The maximum absolute atomic E-state index is 13.4. The van der Waals surface area contributed by atoms with Gasteiger partial charge in [0.15, 0.2) is 0 Å². The van der Waals surface area contributed by atoms with Crippen molar-refractivity contribution < 1.29 is 21.9 Å². The van der Waals surface area contributed by atoms with Gasteiger partial charge in [0.1, 0.15) is 16.5 Å². The van der Waals surface area contributed by atoms with Gasteiger partial charge in [-0.25, -0.2) is 21.9 Å². The van der Waals surface area contributed by atoms with E-state index >= 15 is 0 Å². The van der Waals surface area contributed by atoms with Crippen molar-refractivity contribution >= 4 is 10.0 Å². The molecule has 1 aliphatic heterocycles. The Morgan fingerprint density at radius 2 is 2.21 bits per heavy atom. The minimum Gasteiger partial charge on any atom is -0.374 e. The molecule has 19 heavy (non-hydrogen) atoms. The number of benzene rings is 1. The Morgan fingerprint density at radius 3 is 2.84 bits per heavy atom. The number of nitrogens with one attached hydrogen (secondary N) is 2. The van der Waals surface area contributed by atoms with Gasteiger partial charge in [-0.2, -0.15) is 0 Å². The van der Waals surface area contributed by atoms with Gasteiger partial charge in [-0.3, -0.25) is 0 Å². The minimum atomic E-state index is -4.01. The van der Waals surface area contributed by atoms with E-state index in [9.17, 15) is 17.2 Å². The summed E-state index contributed by atoms with van der Waals surface area (Å²) in [6, 6.07) is 2.33. The summed E-state index contributed by atoms with van der Waals surface area (Å²) in [6.45, 7) is 1.77. The van der Waals surface area contributed by atoms with Gasteiger partial charge < -0.3 is 10.1 Å². The highest BCUT2D eigenvalue weighted by molar-refractivity contribution is 7.89. The third-order valence-electron chi connectivity index (χ3n) is 2.69. The van der Waals surface area contributed by atoms with E-state index in [2.05, 4.69) is 10.0 Å². The Balaban J connectivity index is 2.05. The summed E-state index contributed by atoms with van der Waals surface area (Å²) >= 11 is 0. The van der Waals surface area contributed by atoms with E-state index in [0.29, 0.717) is 19.2 Å². The molecule has 1 saturated heterocycles. The average Bonchev–Trinajstić information content (AvgIpc) is 2.37. The summed E-state index contributed by atoms with van der Waals surface area (Å²) in [5.74, 6) is -1.94. The number of hydrogen-bond acceptors (Lipinski definition) is 4. The van der Waals surface area contributed by atoms with Crippen molar-refractivity contribution in [1.82, 2.24) is 10.0 Å². The lowest BCUT2D eigenvalue weighted by molar-refractivity contribution is 0.0324. The van der Waals surface area contributed by atoms with Crippen LogP contribution in [0.2, 0.25) is 0 Å². The molecule has 106 valence electrons. The lowest BCUT2D eigenvalue weighted by atomic mass is 10.3. The van der Waals surface area contributed by atoms with Crippen molar-refractivity contribution in [2.75, 3.05) is 26.2 Å². The Morgan fingerprint density at radius 1 is 1.42 bits per heavy atom. The molecule has 1 aromatic rings. The second kappa shape index (κ2) is 5.91. The van der Waals surface area contributed by atoms with Crippen LogP contribution in [0.25, 0.3) is 0 Å². The molecule has 0 saturated carbocycles. The minimum absolute atomic E-state index is 0.0339. The van der Waals surface area contributed by atoms with Crippen LogP contribution < -0.4 is 10.0 Å². The molecule has 1 aliphatic rings. The summed E-state index contributed by atoms with van der Waals surface area (Å²) < 4.78 is 57.4. The highest BCUT2D eigenvalue weighted by atomic mass is 32.2. The van der Waals surface area contributed by atoms with Gasteiger partial charge >= 0.3 is 0 Å². The van der Waals surface area contributed by atoms with Crippen LogP contribution >= 0.6 is 0 Å². The van der Waals surface area contributed by atoms with Crippen LogP contribution in [-0.2, 0) is 14.8 Å². The predicted octanol–water partition coefficient (Wildman–Crippen LogP) is 0.231. The van der Waals surface area contributed by atoms with Crippen LogP contribution in [0.5, 0.6) is 0 Å². The third-order valence-corrected chi connectivity index (χ3v) is 4.15. The van der Waals surface area contributed by atoms with Crippen LogP contribution in [0.4, 0.5) is 8.78 Å². The van der Waals surface area contributed by atoms with E-state index in [4.69, 9.17) is 4.74 Å². The van der Waals surface area contributed by atoms with E-state index in [-0.39, 0.29) is 12.6 Å².